The monoisotopic (exact) mass is 930 g/mol. The van der Waals surface area contributed by atoms with E-state index < -0.39 is 20.7 Å². The molecule has 1 saturated heterocycles. The molecule has 1 aliphatic carbocycles. The minimum absolute atomic E-state index is 0.0633. The molecule has 2 heterocycles. The lowest BCUT2D eigenvalue weighted by molar-refractivity contribution is -0.00402. The molecule has 1 unspecified atom stereocenters. The fourth-order valence-corrected chi connectivity index (χ4v) is 9.37. The predicted molar refractivity (Wildman–Crippen MR) is 255 cm³/mol. The SMILES string of the molecule is COCCOCCN1CC[C@@H](Nc2ccc(S(=O)(=O)NC(=O)c3ccc(NCCNCC4=C(c5ccc(Cl)cc5)CC(C)(C)CC4)cc3Oc3cccc4[nH]cnc34)cc2[N+](C)([O-])O)C1. The first-order valence-corrected chi connectivity index (χ1v) is 23.7. The molecule has 18 heteroatoms. The van der Waals surface area contributed by atoms with Crippen LogP contribution in [0.25, 0.3) is 16.6 Å². The summed E-state index contributed by atoms with van der Waals surface area (Å²) >= 11 is 6.20. The maximum absolute atomic E-state index is 14.0. The van der Waals surface area contributed by atoms with Crippen molar-refractivity contribution in [1.82, 2.24) is 29.7 Å². The van der Waals surface area contributed by atoms with Crippen molar-refractivity contribution in [1.29, 1.82) is 0 Å². The number of para-hydroxylation sites is 1. The molecule has 6 N–H and O–H groups in total. The number of benzene rings is 4. The number of carbonyl (C=O) groups excluding carboxylic acids is 1. The van der Waals surface area contributed by atoms with Gasteiger partial charge in [-0.1, -0.05) is 49.2 Å². The maximum Gasteiger partial charge on any atom is 0.268 e. The van der Waals surface area contributed by atoms with E-state index in [4.69, 9.17) is 25.8 Å². The van der Waals surface area contributed by atoms with Crippen LogP contribution in [0, 0.1) is 10.6 Å². The Morgan fingerprint density at radius 1 is 1.05 bits per heavy atom. The summed E-state index contributed by atoms with van der Waals surface area (Å²) in [5.74, 6) is -0.531. The summed E-state index contributed by atoms with van der Waals surface area (Å²) in [5.41, 5.74) is 6.00. The molecule has 0 bridgehead atoms. The molecule has 2 atom stereocenters. The number of H-pyrrole nitrogens is 1. The number of imidazole rings is 1. The Kier molecular flexibility index (Phi) is 15.5. The highest BCUT2D eigenvalue weighted by molar-refractivity contribution is 7.90. The van der Waals surface area contributed by atoms with Gasteiger partial charge in [0.2, 0.25) is 0 Å². The minimum atomic E-state index is -4.57. The van der Waals surface area contributed by atoms with Crippen LogP contribution in [0.15, 0.2) is 95.7 Å². The molecule has 1 amide bonds. The molecule has 1 fully saturated rings. The van der Waals surface area contributed by atoms with E-state index in [0.29, 0.717) is 73.5 Å². The maximum atomic E-state index is 14.0. The van der Waals surface area contributed by atoms with Gasteiger partial charge in [0.05, 0.1) is 47.8 Å². The van der Waals surface area contributed by atoms with E-state index in [9.17, 15) is 23.6 Å². The lowest BCUT2D eigenvalue weighted by Crippen LogP contribution is -2.36. The highest BCUT2D eigenvalue weighted by Gasteiger charge is 2.30. The lowest BCUT2D eigenvalue weighted by Gasteiger charge is -2.34. The van der Waals surface area contributed by atoms with Crippen molar-refractivity contribution < 1.29 is 32.6 Å². The van der Waals surface area contributed by atoms with Gasteiger partial charge in [-0.05, 0) is 90.8 Å². The Labute approximate surface area is 385 Å². The molecule has 7 rings (SSSR count). The van der Waals surface area contributed by atoms with Gasteiger partial charge in [-0.3, -0.25) is 9.69 Å². The summed E-state index contributed by atoms with van der Waals surface area (Å²) in [6.45, 7) is 10.3. The second kappa shape index (κ2) is 21.0. The number of aromatic nitrogens is 2. The number of carbonyl (C=O) groups is 1. The molecule has 1 aromatic heterocycles. The number of hydroxylamine groups is 2. The molecule has 65 heavy (non-hydrogen) atoms. The molecule has 1 aliphatic heterocycles. The Balaban J connectivity index is 1.04. The first-order chi connectivity index (χ1) is 31.1. The number of nitrogens with one attached hydrogen (secondary N) is 5. The number of nitrogens with zero attached hydrogens (tertiary/aromatic N) is 3. The summed E-state index contributed by atoms with van der Waals surface area (Å²) in [6.07, 6.45) is 5.39. The smallest absolute Gasteiger partial charge is 0.268 e. The summed E-state index contributed by atoms with van der Waals surface area (Å²) in [5, 5.41) is 34.6. The number of anilines is 2. The van der Waals surface area contributed by atoms with E-state index >= 15 is 0 Å². The van der Waals surface area contributed by atoms with Crippen molar-refractivity contribution >= 4 is 61.2 Å². The summed E-state index contributed by atoms with van der Waals surface area (Å²) in [6, 6.07) is 21.9. The Morgan fingerprint density at radius 2 is 1.86 bits per heavy atom. The van der Waals surface area contributed by atoms with Crippen molar-refractivity contribution in [2.45, 2.75) is 50.5 Å². The van der Waals surface area contributed by atoms with Crippen LogP contribution in [0.4, 0.5) is 17.1 Å². The minimum Gasteiger partial charge on any atom is -0.593 e. The van der Waals surface area contributed by atoms with Crippen molar-refractivity contribution in [2.75, 3.05) is 83.9 Å². The highest BCUT2D eigenvalue weighted by Crippen LogP contribution is 2.43. The third-order valence-corrected chi connectivity index (χ3v) is 13.4. The van der Waals surface area contributed by atoms with Gasteiger partial charge in [-0.25, -0.2) is 23.3 Å². The van der Waals surface area contributed by atoms with Gasteiger partial charge < -0.3 is 40.4 Å². The number of halogens is 1. The molecule has 0 spiro atoms. The summed E-state index contributed by atoms with van der Waals surface area (Å²) in [7, 11) is -1.97. The second-order valence-electron chi connectivity index (χ2n) is 17.4. The standard InChI is InChI=1S/C47H59ClN8O8S/c1-47(2)18-16-33(39(28-47)32-8-10-34(48)11-9-32)29-49-19-20-50-35-12-14-38(44(26-35)64-43-7-5-6-41-45(43)52-31-51-41)46(57)54-65(60,61)37-13-15-40(42(27-37)56(3,58)59)53-36-17-21-55(30-36)22-23-63-25-24-62-4/h5-15,26-27,31,36,49-50,53,58H,16-25,28-30H2,1-4H3,(H,51,52)(H,54,57)/t36-/m1/s1. The Hall–Kier alpha value is -5.08. The highest BCUT2D eigenvalue weighted by atomic mass is 35.5. The number of amides is 1. The van der Waals surface area contributed by atoms with Gasteiger partial charge in [0.15, 0.2) is 11.4 Å². The summed E-state index contributed by atoms with van der Waals surface area (Å²) in [4.78, 5) is 21.3. The number of methoxy groups -OCH3 is 1. The topological polar surface area (TPSA) is 202 Å². The van der Waals surface area contributed by atoms with E-state index in [0.717, 1.165) is 51.9 Å². The van der Waals surface area contributed by atoms with Crippen molar-refractivity contribution in [2.24, 2.45) is 5.41 Å². The number of hydrogen-bond donors (Lipinski definition) is 6. The van der Waals surface area contributed by atoms with E-state index in [2.05, 4.69) is 61.5 Å². The zero-order chi connectivity index (χ0) is 46.2. The van der Waals surface area contributed by atoms with Crippen molar-refractivity contribution in [3.63, 3.8) is 0 Å². The normalized spacial score (nSPS) is 17.6. The van der Waals surface area contributed by atoms with E-state index in [1.807, 2.05) is 18.2 Å². The number of hydrogen-bond acceptors (Lipinski definition) is 13. The average Bonchev–Trinajstić information content (AvgIpc) is 3.94. The van der Waals surface area contributed by atoms with Crippen LogP contribution in [0.2, 0.25) is 5.02 Å². The van der Waals surface area contributed by atoms with Gasteiger partial charge >= 0.3 is 0 Å². The van der Waals surface area contributed by atoms with Gasteiger partial charge in [0, 0.05) is 75.3 Å². The van der Waals surface area contributed by atoms with Crippen molar-refractivity contribution in [3.05, 3.63) is 112 Å². The number of likely N-dealkylation sites (tertiary alicyclic amines) is 1. The molecule has 4 aromatic carbocycles. The fraction of sp³-hybridized carbons (Fsp3) is 0.404. The lowest BCUT2D eigenvalue weighted by atomic mass is 9.72. The molecule has 0 radical (unpaired) electrons. The Morgan fingerprint density at radius 3 is 2.65 bits per heavy atom. The number of sulfonamides is 1. The number of rotatable bonds is 21. The third-order valence-electron chi connectivity index (χ3n) is 11.8. The molecular weight excluding hydrogens is 872 g/mol. The first-order valence-electron chi connectivity index (χ1n) is 21.8. The van der Waals surface area contributed by atoms with Crippen LogP contribution in [-0.4, -0.2) is 114 Å². The van der Waals surface area contributed by atoms with Crippen LogP contribution >= 0.6 is 11.6 Å². The second-order valence-corrected chi connectivity index (χ2v) is 19.5. The van der Waals surface area contributed by atoms with Gasteiger partial charge in [0.1, 0.15) is 18.3 Å². The summed E-state index contributed by atoms with van der Waals surface area (Å²) < 4.78 is 46.8. The largest absolute Gasteiger partial charge is 0.593 e. The fourth-order valence-electron chi connectivity index (χ4n) is 8.25. The molecule has 0 saturated carbocycles. The van der Waals surface area contributed by atoms with Crippen LogP contribution in [-0.2, 0) is 19.5 Å². The van der Waals surface area contributed by atoms with E-state index in [-0.39, 0.29) is 39.0 Å². The van der Waals surface area contributed by atoms with Crippen molar-refractivity contribution in [3.8, 4) is 11.5 Å². The molecular formula is C47H59ClN8O8S. The van der Waals surface area contributed by atoms with E-state index in [1.54, 1.807) is 31.4 Å². The first kappa shape index (κ1) is 47.9. The molecule has 2 aliphatic rings. The van der Waals surface area contributed by atoms with Gasteiger partial charge in [0.25, 0.3) is 15.9 Å². The van der Waals surface area contributed by atoms with Gasteiger partial charge in [-0.2, -0.15) is 4.81 Å². The third kappa shape index (κ3) is 12.6. The average molecular weight is 932 g/mol. The van der Waals surface area contributed by atoms with Crippen LogP contribution in [0.3, 0.4) is 0 Å². The Bertz CT molecular complexity index is 2580. The predicted octanol–water partition coefficient (Wildman–Crippen LogP) is 7.77. The molecule has 16 nitrogen and oxygen atoms in total. The molecule has 5 aromatic rings. The van der Waals surface area contributed by atoms with Crippen LogP contribution < -0.4 is 30.2 Å². The number of quaternary nitrogens is 1. The van der Waals surface area contributed by atoms with E-state index in [1.165, 1.54) is 41.2 Å². The zero-order valence-corrected chi connectivity index (χ0v) is 38.9. The molecule has 348 valence electrons. The number of aromatic amines is 1. The number of allylic oxidation sites excluding steroid dienone is 1. The van der Waals surface area contributed by atoms with Crippen LogP contribution in [0.5, 0.6) is 11.5 Å². The quantitative estimate of drug-likeness (QED) is 0.0237. The number of ether oxygens (including phenoxy) is 3. The van der Waals surface area contributed by atoms with Gasteiger partial charge in [-0.15, -0.1) is 0 Å². The zero-order valence-electron chi connectivity index (χ0n) is 37.3. The van der Waals surface area contributed by atoms with Crippen LogP contribution in [0.1, 0.15) is 55.5 Å². The number of fused-ring (bicyclic) bond motifs is 1.